The van der Waals surface area contributed by atoms with Gasteiger partial charge in [-0.3, -0.25) is 4.79 Å². The summed E-state index contributed by atoms with van der Waals surface area (Å²) < 4.78 is 27.6. The van der Waals surface area contributed by atoms with E-state index in [1.165, 1.54) is 19.1 Å². The summed E-state index contributed by atoms with van der Waals surface area (Å²) in [5.41, 5.74) is 0.270. The second kappa shape index (κ2) is 8.91. The SMILES string of the molecule is CC(=O)Nc1ccc(S(=O)(=O)NCC2CCN(C(=O)NC(C)(C)C)CC2)cc1. The standard InChI is InChI=1S/C19H30N4O4S/c1-14(24)21-16-5-7-17(8-6-16)28(26,27)20-13-15-9-11-23(12-10-15)18(25)22-19(2,3)4/h5-8,15,20H,9-13H2,1-4H3,(H,21,24)(H,22,25). The number of urea groups is 1. The van der Waals surface area contributed by atoms with Gasteiger partial charge in [0.05, 0.1) is 4.90 Å². The Morgan fingerprint density at radius 1 is 1.11 bits per heavy atom. The van der Waals surface area contributed by atoms with E-state index in [1.54, 1.807) is 17.0 Å². The third-order valence-electron chi connectivity index (χ3n) is 4.43. The number of hydrogen-bond donors (Lipinski definition) is 3. The molecule has 0 saturated carbocycles. The molecule has 2 rings (SSSR count). The first kappa shape index (κ1) is 22.2. The maximum Gasteiger partial charge on any atom is 0.317 e. The normalized spacial score (nSPS) is 15.9. The fourth-order valence-corrected chi connectivity index (χ4v) is 4.09. The molecule has 0 unspecified atom stereocenters. The number of sulfonamides is 1. The highest BCUT2D eigenvalue weighted by Crippen LogP contribution is 2.19. The fraction of sp³-hybridized carbons (Fsp3) is 0.579. The lowest BCUT2D eigenvalue weighted by molar-refractivity contribution is -0.114. The van der Waals surface area contributed by atoms with Crippen LogP contribution in [0.3, 0.4) is 0 Å². The molecule has 0 bridgehead atoms. The molecule has 0 radical (unpaired) electrons. The maximum absolute atomic E-state index is 12.5. The number of benzene rings is 1. The minimum Gasteiger partial charge on any atom is -0.333 e. The van der Waals surface area contributed by atoms with Gasteiger partial charge in [0, 0.05) is 37.8 Å². The van der Waals surface area contributed by atoms with Crippen molar-refractivity contribution in [2.24, 2.45) is 5.92 Å². The quantitative estimate of drug-likeness (QED) is 0.691. The Balaban J connectivity index is 1.84. The van der Waals surface area contributed by atoms with Crippen molar-refractivity contribution in [1.82, 2.24) is 14.9 Å². The van der Waals surface area contributed by atoms with Crippen LogP contribution in [-0.2, 0) is 14.8 Å². The van der Waals surface area contributed by atoms with Crippen molar-refractivity contribution in [2.75, 3.05) is 25.0 Å². The Bertz CT molecular complexity index is 792. The Morgan fingerprint density at radius 3 is 2.18 bits per heavy atom. The molecule has 0 atom stereocenters. The molecule has 0 spiro atoms. The lowest BCUT2D eigenvalue weighted by Gasteiger charge is -2.34. The average Bonchev–Trinajstić information content (AvgIpc) is 2.59. The third kappa shape index (κ3) is 6.79. The van der Waals surface area contributed by atoms with Gasteiger partial charge in [0.15, 0.2) is 0 Å². The zero-order valence-electron chi connectivity index (χ0n) is 16.9. The zero-order valence-corrected chi connectivity index (χ0v) is 17.7. The number of amides is 3. The Morgan fingerprint density at radius 2 is 1.68 bits per heavy atom. The molecule has 28 heavy (non-hydrogen) atoms. The molecule has 1 aliphatic rings. The molecule has 1 aromatic carbocycles. The van der Waals surface area contributed by atoms with Crippen LogP contribution < -0.4 is 15.4 Å². The van der Waals surface area contributed by atoms with E-state index >= 15 is 0 Å². The molecule has 9 heteroatoms. The molecule has 1 saturated heterocycles. The summed E-state index contributed by atoms with van der Waals surface area (Å²) in [4.78, 5) is 25.2. The summed E-state index contributed by atoms with van der Waals surface area (Å²) in [6, 6.07) is 5.97. The first-order chi connectivity index (χ1) is 13.0. The average molecular weight is 411 g/mol. The Labute approximate surface area is 167 Å². The van der Waals surface area contributed by atoms with Crippen LogP contribution in [-0.4, -0.2) is 50.4 Å². The van der Waals surface area contributed by atoms with Crippen molar-refractivity contribution in [3.8, 4) is 0 Å². The van der Waals surface area contributed by atoms with Gasteiger partial charge in [-0.15, -0.1) is 0 Å². The van der Waals surface area contributed by atoms with Crippen molar-refractivity contribution < 1.29 is 18.0 Å². The van der Waals surface area contributed by atoms with Crippen LogP contribution in [0.25, 0.3) is 0 Å². The number of likely N-dealkylation sites (tertiary alicyclic amines) is 1. The number of piperidine rings is 1. The molecule has 8 nitrogen and oxygen atoms in total. The number of rotatable bonds is 5. The van der Waals surface area contributed by atoms with Crippen LogP contribution in [0.1, 0.15) is 40.5 Å². The van der Waals surface area contributed by atoms with Gasteiger partial charge in [0.1, 0.15) is 0 Å². The molecule has 1 heterocycles. The summed E-state index contributed by atoms with van der Waals surface area (Å²) in [5, 5.41) is 5.55. The summed E-state index contributed by atoms with van der Waals surface area (Å²) in [6.07, 6.45) is 1.50. The summed E-state index contributed by atoms with van der Waals surface area (Å²) >= 11 is 0. The van der Waals surface area contributed by atoms with Gasteiger partial charge in [-0.1, -0.05) is 0 Å². The first-order valence-corrected chi connectivity index (χ1v) is 10.9. The van der Waals surface area contributed by atoms with Gasteiger partial charge < -0.3 is 15.5 Å². The highest BCUT2D eigenvalue weighted by Gasteiger charge is 2.26. The maximum atomic E-state index is 12.5. The molecule has 3 N–H and O–H groups in total. The van der Waals surface area contributed by atoms with E-state index in [0.29, 0.717) is 25.3 Å². The van der Waals surface area contributed by atoms with Crippen molar-refractivity contribution in [2.45, 2.75) is 51.0 Å². The minimum absolute atomic E-state index is 0.0780. The van der Waals surface area contributed by atoms with Gasteiger partial charge in [0.25, 0.3) is 0 Å². The molecular formula is C19H30N4O4S. The zero-order chi connectivity index (χ0) is 20.9. The van der Waals surface area contributed by atoms with Crippen LogP contribution in [0.4, 0.5) is 10.5 Å². The van der Waals surface area contributed by atoms with E-state index < -0.39 is 10.0 Å². The van der Waals surface area contributed by atoms with Gasteiger partial charge in [-0.2, -0.15) is 0 Å². The second-order valence-electron chi connectivity index (χ2n) is 8.17. The Hall–Kier alpha value is -2.13. The van der Waals surface area contributed by atoms with Crippen molar-refractivity contribution >= 4 is 27.6 Å². The van der Waals surface area contributed by atoms with Crippen molar-refractivity contribution in [3.63, 3.8) is 0 Å². The van der Waals surface area contributed by atoms with E-state index in [2.05, 4.69) is 15.4 Å². The van der Waals surface area contributed by atoms with Gasteiger partial charge in [0.2, 0.25) is 15.9 Å². The Kier molecular flexibility index (Phi) is 7.06. The molecular weight excluding hydrogens is 380 g/mol. The molecule has 0 aromatic heterocycles. The molecule has 1 aliphatic heterocycles. The summed E-state index contributed by atoms with van der Waals surface area (Å²) in [5.74, 6) is -0.0247. The topological polar surface area (TPSA) is 108 Å². The summed E-state index contributed by atoms with van der Waals surface area (Å²) in [7, 11) is -3.61. The predicted octanol–water partition coefficient (Wildman–Crippen LogP) is 2.14. The van der Waals surface area contributed by atoms with Crippen LogP contribution in [0.5, 0.6) is 0 Å². The number of carbonyl (C=O) groups is 2. The number of anilines is 1. The van der Waals surface area contributed by atoms with Gasteiger partial charge >= 0.3 is 6.03 Å². The lowest BCUT2D eigenvalue weighted by Crippen LogP contribution is -2.51. The third-order valence-corrected chi connectivity index (χ3v) is 5.87. The smallest absolute Gasteiger partial charge is 0.317 e. The van der Waals surface area contributed by atoms with Crippen LogP contribution >= 0.6 is 0 Å². The molecule has 0 aliphatic carbocycles. The molecule has 1 fully saturated rings. The first-order valence-electron chi connectivity index (χ1n) is 9.41. The molecule has 156 valence electrons. The van der Waals surface area contributed by atoms with Crippen LogP contribution in [0.2, 0.25) is 0 Å². The van der Waals surface area contributed by atoms with Crippen molar-refractivity contribution in [3.05, 3.63) is 24.3 Å². The highest BCUT2D eigenvalue weighted by atomic mass is 32.2. The van der Waals surface area contributed by atoms with Gasteiger partial charge in [-0.05, 0) is 63.8 Å². The van der Waals surface area contributed by atoms with Gasteiger partial charge in [-0.25, -0.2) is 17.9 Å². The minimum atomic E-state index is -3.61. The fourth-order valence-electron chi connectivity index (χ4n) is 2.97. The van der Waals surface area contributed by atoms with E-state index in [1.807, 2.05) is 20.8 Å². The van der Waals surface area contributed by atoms with Crippen molar-refractivity contribution in [1.29, 1.82) is 0 Å². The highest BCUT2D eigenvalue weighted by molar-refractivity contribution is 7.89. The number of hydrogen-bond acceptors (Lipinski definition) is 4. The van der Waals surface area contributed by atoms with E-state index in [0.717, 1.165) is 12.8 Å². The van der Waals surface area contributed by atoms with E-state index in [9.17, 15) is 18.0 Å². The monoisotopic (exact) mass is 410 g/mol. The van der Waals surface area contributed by atoms with Crippen LogP contribution in [0, 0.1) is 5.92 Å². The number of carbonyl (C=O) groups excluding carboxylic acids is 2. The van der Waals surface area contributed by atoms with E-state index in [-0.39, 0.29) is 28.3 Å². The molecule has 1 aromatic rings. The second-order valence-corrected chi connectivity index (χ2v) is 9.93. The van der Waals surface area contributed by atoms with E-state index in [4.69, 9.17) is 0 Å². The largest absolute Gasteiger partial charge is 0.333 e. The van der Waals surface area contributed by atoms with Crippen LogP contribution in [0.15, 0.2) is 29.2 Å². The number of nitrogens with zero attached hydrogens (tertiary/aromatic N) is 1. The summed E-state index contributed by atoms with van der Waals surface area (Å²) in [6.45, 7) is 8.77. The predicted molar refractivity (Wildman–Crippen MR) is 109 cm³/mol. The lowest BCUT2D eigenvalue weighted by atomic mass is 9.97. The molecule has 3 amide bonds. The number of nitrogens with one attached hydrogen (secondary N) is 3.